The van der Waals surface area contributed by atoms with Crippen molar-refractivity contribution in [3.63, 3.8) is 0 Å². The van der Waals surface area contributed by atoms with Gasteiger partial charge in [0.1, 0.15) is 4.90 Å². The molecule has 0 unspecified atom stereocenters. The van der Waals surface area contributed by atoms with Gasteiger partial charge in [0, 0.05) is 48.5 Å². The summed E-state index contributed by atoms with van der Waals surface area (Å²) >= 11 is 0. The molecule has 2 aromatic heterocycles. The summed E-state index contributed by atoms with van der Waals surface area (Å²) in [5, 5.41) is 1.08. The number of fused-ring (bicyclic) bond motifs is 3. The summed E-state index contributed by atoms with van der Waals surface area (Å²) in [6.07, 6.45) is 3.66. The van der Waals surface area contributed by atoms with Gasteiger partial charge in [0.05, 0.1) is 0 Å². The average Bonchev–Trinajstić information content (AvgIpc) is 3.12. The van der Waals surface area contributed by atoms with Crippen molar-refractivity contribution >= 4 is 20.9 Å². The molecule has 0 fully saturated rings. The molecule has 0 amide bonds. The Bertz CT molecular complexity index is 1250. The molecular formula is C22H19N3O2S. The number of aromatic amines is 1. The Kier molecular flexibility index (Phi) is 4.03. The van der Waals surface area contributed by atoms with Crippen molar-refractivity contribution in [3.8, 4) is 11.1 Å². The maximum atomic E-state index is 13.0. The van der Waals surface area contributed by atoms with Crippen LogP contribution in [0.3, 0.4) is 0 Å². The summed E-state index contributed by atoms with van der Waals surface area (Å²) in [5.41, 5.74) is 5.54. The highest BCUT2D eigenvalue weighted by molar-refractivity contribution is 7.89. The second kappa shape index (κ2) is 6.58. The maximum Gasteiger partial charge on any atom is 0.244 e. The Morgan fingerprint density at radius 3 is 2.61 bits per heavy atom. The van der Waals surface area contributed by atoms with E-state index >= 15 is 0 Å². The van der Waals surface area contributed by atoms with E-state index in [4.69, 9.17) is 0 Å². The van der Waals surface area contributed by atoms with Crippen molar-refractivity contribution in [1.29, 1.82) is 0 Å². The van der Waals surface area contributed by atoms with Crippen LogP contribution in [0.5, 0.6) is 0 Å². The molecule has 0 radical (unpaired) electrons. The molecule has 28 heavy (non-hydrogen) atoms. The van der Waals surface area contributed by atoms with Gasteiger partial charge in [-0.2, -0.15) is 4.31 Å². The number of pyridine rings is 1. The lowest BCUT2D eigenvalue weighted by molar-refractivity contribution is 0.391. The first kappa shape index (κ1) is 17.2. The molecule has 0 spiro atoms. The van der Waals surface area contributed by atoms with Gasteiger partial charge in [-0.05, 0) is 34.9 Å². The van der Waals surface area contributed by atoms with Gasteiger partial charge in [0.25, 0.3) is 0 Å². The predicted octanol–water partition coefficient (Wildman–Crippen LogP) is 3.98. The Hall–Kier alpha value is -2.96. The number of rotatable bonds is 3. The van der Waals surface area contributed by atoms with Crippen molar-refractivity contribution in [1.82, 2.24) is 14.3 Å². The van der Waals surface area contributed by atoms with E-state index in [0.717, 1.165) is 33.3 Å². The summed E-state index contributed by atoms with van der Waals surface area (Å²) in [5.74, 6) is 0. The van der Waals surface area contributed by atoms with Gasteiger partial charge in [-0.15, -0.1) is 0 Å². The fourth-order valence-corrected chi connectivity index (χ4v) is 5.23. The fourth-order valence-electron chi connectivity index (χ4n) is 3.86. The predicted molar refractivity (Wildman–Crippen MR) is 109 cm³/mol. The highest BCUT2D eigenvalue weighted by atomic mass is 32.2. The Labute approximate surface area is 163 Å². The van der Waals surface area contributed by atoms with Crippen molar-refractivity contribution in [2.24, 2.45) is 0 Å². The van der Waals surface area contributed by atoms with Crippen molar-refractivity contribution in [3.05, 3.63) is 84.3 Å². The van der Waals surface area contributed by atoms with Crippen LogP contribution in [0.4, 0.5) is 0 Å². The zero-order valence-corrected chi connectivity index (χ0v) is 16.0. The van der Waals surface area contributed by atoms with Crippen LogP contribution in [-0.4, -0.2) is 29.2 Å². The molecule has 2 aromatic carbocycles. The largest absolute Gasteiger partial charge is 0.358 e. The molecule has 0 saturated heterocycles. The van der Waals surface area contributed by atoms with Gasteiger partial charge in [-0.1, -0.05) is 42.5 Å². The SMILES string of the molecule is O=S(=O)(c1cccnc1)N1CCc2[nH]c3cc(-c4ccccc4)ccc3c2C1. The number of sulfonamides is 1. The highest BCUT2D eigenvalue weighted by Crippen LogP contribution is 2.32. The zero-order chi connectivity index (χ0) is 19.1. The van der Waals surface area contributed by atoms with E-state index in [1.165, 1.54) is 6.20 Å². The van der Waals surface area contributed by atoms with Crippen LogP contribution in [0, 0.1) is 0 Å². The van der Waals surface area contributed by atoms with Crippen LogP contribution in [0.15, 0.2) is 78.0 Å². The third-order valence-corrected chi connectivity index (χ3v) is 7.15. The first-order chi connectivity index (χ1) is 13.6. The fraction of sp³-hybridized carbons (Fsp3) is 0.136. The first-order valence-electron chi connectivity index (χ1n) is 9.22. The minimum Gasteiger partial charge on any atom is -0.358 e. The monoisotopic (exact) mass is 389 g/mol. The molecule has 5 nitrogen and oxygen atoms in total. The number of H-pyrrole nitrogens is 1. The summed E-state index contributed by atoms with van der Waals surface area (Å²) in [6.45, 7) is 0.833. The van der Waals surface area contributed by atoms with Gasteiger partial charge in [-0.25, -0.2) is 8.42 Å². The molecule has 4 aromatic rings. The molecular weight excluding hydrogens is 370 g/mol. The van der Waals surface area contributed by atoms with Crippen LogP contribution < -0.4 is 0 Å². The van der Waals surface area contributed by atoms with Gasteiger partial charge in [-0.3, -0.25) is 4.98 Å². The topological polar surface area (TPSA) is 66.1 Å². The highest BCUT2D eigenvalue weighted by Gasteiger charge is 2.30. The van der Waals surface area contributed by atoms with Gasteiger partial charge in [0.15, 0.2) is 0 Å². The average molecular weight is 389 g/mol. The minimum absolute atomic E-state index is 0.240. The Balaban J connectivity index is 1.52. The van der Waals surface area contributed by atoms with E-state index in [1.54, 1.807) is 22.6 Å². The molecule has 6 heteroatoms. The van der Waals surface area contributed by atoms with Crippen LogP contribution in [-0.2, 0) is 23.0 Å². The molecule has 0 aliphatic carbocycles. The third kappa shape index (κ3) is 2.82. The quantitative estimate of drug-likeness (QED) is 0.576. The molecule has 1 aliphatic heterocycles. The number of aromatic nitrogens is 2. The second-order valence-electron chi connectivity index (χ2n) is 6.99. The Morgan fingerprint density at radius 1 is 0.964 bits per heavy atom. The number of benzene rings is 2. The lowest BCUT2D eigenvalue weighted by Gasteiger charge is -2.26. The normalized spacial score (nSPS) is 14.9. The number of nitrogens with one attached hydrogen (secondary N) is 1. The molecule has 5 rings (SSSR count). The van der Waals surface area contributed by atoms with Crippen LogP contribution >= 0.6 is 0 Å². The van der Waals surface area contributed by atoms with E-state index in [2.05, 4.69) is 40.3 Å². The van der Waals surface area contributed by atoms with Gasteiger partial charge < -0.3 is 4.98 Å². The number of hydrogen-bond donors (Lipinski definition) is 1. The van der Waals surface area contributed by atoms with E-state index in [1.807, 2.05) is 18.2 Å². The standard InChI is InChI=1S/C22H19N3O2S/c26-28(27,18-7-4-11-23-14-18)25-12-10-21-20(15-25)19-9-8-17(13-22(19)24-21)16-5-2-1-3-6-16/h1-9,11,13-14,24H,10,12,15H2. The molecule has 0 bridgehead atoms. The van der Waals surface area contributed by atoms with E-state index in [9.17, 15) is 8.42 Å². The zero-order valence-electron chi connectivity index (χ0n) is 15.2. The van der Waals surface area contributed by atoms with Crippen molar-refractivity contribution in [2.75, 3.05) is 6.54 Å². The van der Waals surface area contributed by atoms with E-state index < -0.39 is 10.0 Å². The molecule has 0 saturated carbocycles. The molecule has 1 aliphatic rings. The summed E-state index contributed by atoms with van der Waals surface area (Å²) in [6, 6.07) is 19.8. The summed E-state index contributed by atoms with van der Waals surface area (Å²) in [7, 11) is -3.55. The molecule has 1 N–H and O–H groups in total. The van der Waals surface area contributed by atoms with Crippen molar-refractivity contribution in [2.45, 2.75) is 17.9 Å². The lowest BCUT2D eigenvalue weighted by atomic mass is 10.0. The lowest BCUT2D eigenvalue weighted by Crippen LogP contribution is -2.35. The Morgan fingerprint density at radius 2 is 1.82 bits per heavy atom. The minimum atomic E-state index is -3.55. The van der Waals surface area contributed by atoms with E-state index in [0.29, 0.717) is 19.5 Å². The summed E-state index contributed by atoms with van der Waals surface area (Å²) < 4.78 is 27.5. The van der Waals surface area contributed by atoms with Crippen LogP contribution in [0.2, 0.25) is 0 Å². The number of hydrogen-bond acceptors (Lipinski definition) is 3. The molecule has 0 atom stereocenters. The van der Waals surface area contributed by atoms with Gasteiger partial charge >= 0.3 is 0 Å². The maximum absolute atomic E-state index is 13.0. The first-order valence-corrected chi connectivity index (χ1v) is 10.7. The third-order valence-electron chi connectivity index (χ3n) is 5.32. The molecule has 140 valence electrons. The number of nitrogens with zero attached hydrogens (tertiary/aromatic N) is 2. The smallest absolute Gasteiger partial charge is 0.244 e. The molecule has 3 heterocycles. The van der Waals surface area contributed by atoms with Crippen LogP contribution in [0.25, 0.3) is 22.0 Å². The van der Waals surface area contributed by atoms with E-state index in [-0.39, 0.29) is 4.90 Å². The van der Waals surface area contributed by atoms with Gasteiger partial charge in [0.2, 0.25) is 10.0 Å². The van der Waals surface area contributed by atoms with Crippen molar-refractivity contribution < 1.29 is 8.42 Å². The van der Waals surface area contributed by atoms with Crippen LogP contribution in [0.1, 0.15) is 11.3 Å². The second-order valence-corrected chi connectivity index (χ2v) is 8.92. The summed E-state index contributed by atoms with van der Waals surface area (Å²) in [4.78, 5) is 7.70.